The molecule has 0 unspecified atom stereocenters. The minimum atomic E-state index is -0.0475. The van der Waals surface area contributed by atoms with E-state index in [9.17, 15) is 9.59 Å². The summed E-state index contributed by atoms with van der Waals surface area (Å²) in [5.74, 6) is 0.534. The molecule has 1 aliphatic carbocycles. The fraction of sp³-hybridized carbons (Fsp3) is 0.450. The number of carbonyl (C=O) groups excluding carboxylic acids is 2. The van der Waals surface area contributed by atoms with Crippen molar-refractivity contribution in [3.05, 3.63) is 41.6 Å². The zero-order chi connectivity index (χ0) is 17.4. The van der Waals surface area contributed by atoms with E-state index in [0.717, 1.165) is 55.4 Å². The number of para-hydroxylation sites is 1. The molecular weight excluding hydrogens is 314 g/mol. The van der Waals surface area contributed by atoms with Gasteiger partial charge in [0.15, 0.2) is 0 Å². The van der Waals surface area contributed by atoms with Gasteiger partial charge >= 0.3 is 0 Å². The molecule has 2 amide bonds. The molecule has 2 heterocycles. The van der Waals surface area contributed by atoms with E-state index >= 15 is 0 Å². The first-order chi connectivity index (χ1) is 12.1. The summed E-state index contributed by atoms with van der Waals surface area (Å²) < 4.78 is 0. The van der Waals surface area contributed by atoms with Crippen LogP contribution in [0.4, 0.5) is 0 Å². The zero-order valence-corrected chi connectivity index (χ0v) is 14.5. The van der Waals surface area contributed by atoms with Crippen LogP contribution >= 0.6 is 0 Å². The Morgan fingerprint density at radius 2 is 1.84 bits per heavy atom. The average molecular weight is 337 g/mol. The van der Waals surface area contributed by atoms with Crippen LogP contribution < -0.4 is 5.32 Å². The number of fused-ring (bicyclic) bond motifs is 1. The van der Waals surface area contributed by atoms with Crippen LogP contribution in [0.1, 0.15) is 41.7 Å². The first kappa shape index (κ1) is 16.1. The molecule has 1 N–H and O–H groups in total. The number of nitrogens with one attached hydrogen (secondary N) is 1. The lowest BCUT2D eigenvalue weighted by molar-refractivity contribution is -0.133. The third kappa shape index (κ3) is 3.36. The summed E-state index contributed by atoms with van der Waals surface area (Å²) in [6.45, 7) is 3.40. The standard InChI is InChI=1S/C20H23N3O2/c1-13-12-17(16-4-2-3-5-18(16)21-13)19(24)22-15-8-10-23(11-9-15)20(25)14-6-7-14/h2-5,12,14-15H,6-11H2,1H3,(H,22,24). The van der Waals surface area contributed by atoms with Crippen molar-refractivity contribution in [2.45, 2.75) is 38.6 Å². The molecule has 2 fully saturated rings. The first-order valence-electron chi connectivity index (χ1n) is 9.08. The van der Waals surface area contributed by atoms with Crippen molar-refractivity contribution in [1.82, 2.24) is 15.2 Å². The van der Waals surface area contributed by atoms with E-state index in [-0.39, 0.29) is 17.9 Å². The van der Waals surface area contributed by atoms with E-state index in [4.69, 9.17) is 0 Å². The van der Waals surface area contributed by atoms with Crippen molar-refractivity contribution >= 4 is 22.7 Å². The largest absolute Gasteiger partial charge is 0.349 e. The molecule has 130 valence electrons. The molecule has 1 aromatic carbocycles. The molecule has 0 bridgehead atoms. The second-order valence-corrected chi connectivity index (χ2v) is 7.18. The van der Waals surface area contributed by atoms with Crippen LogP contribution in [0.25, 0.3) is 10.9 Å². The number of nitrogens with zero attached hydrogens (tertiary/aromatic N) is 2. The summed E-state index contributed by atoms with van der Waals surface area (Å²) in [6.07, 6.45) is 3.74. The van der Waals surface area contributed by atoms with Crippen molar-refractivity contribution in [3.63, 3.8) is 0 Å². The van der Waals surface area contributed by atoms with Gasteiger partial charge < -0.3 is 10.2 Å². The lowest BCUT2D eigenvalue weighted by atomic mass is 10.0. The van der Waals surface area contributed by atoms with Gasteiger partial charge in [0.05, 0.1) is 11.1 Å². The third-order valence-corrected chi connectivity index (χ3v) is 5.16. The Labute approximate surface area is 147 Å². The van der Waals surface area contributed by atoms with Crippen molar-refractivity contribution in [2.75, 3.05) is 13.1 Å². The number of pyridine rings is 1. The molecule has 2 aromatic rings. The van der Waals surface area contributed by atoms with Gasteiger partial charge in [0.1, 0.15) is 0 Å². The van der Waals surface area contributed by atoms with Gasteiger partial charge in [-0.05, 0) is 44.7 Å². The Hall–Kier alpha value is -2.43. The fourth-order valence-electron chi connectivity index (χ4n) is 3.59. The topological polar surface area (TPSA) is 62.3 Å². The smallest absolute Gasteiger partial charge is 0.252 e. The maximum atomic E-state index is 12.8. The lowest BCUT2D eigenvalue weighted by Gasteiger charge is -2.32. The molecule has 4 rings (SSSR count). The van der Waals surface area contributed by atoms with Crippen LogP contribution in [-0.2, 0) is 4.79 Å². The molecule has 1 aliphatic heterocycles. The number of likely N-dealkylation sites (tertiary alicyclic amines) is 1. The number of rotatable bonds is 3. The van der Waals surface area contributed by atoms with Crippen LogP contribution in [0.2, 0.25) is 0 Å². The Morgan fingerprint density at radius 1 is 1.12 bits per heavy atom. The third-order valence-electron chi connectivity index (χ3n) is 5.16. The molecular formula is C20H23N3O2. The van der Waals surface area contributed by atoms with Crippen molar-refractivity contribution in [1.29, 1.82) is 0 Å². The van der Waals surface area contributed by atoms with Gasteiger partial charge in [-0.15, -0.1) is 0 Å². The highest BCUT2D eigenvalue weighted by atomic mass is 16.2. The monoisotopic (exact) mass is 337 g/mol. The SMILES string of the molecule is Cc1cc(C(=O)NC2CCN(C(=O)C3CC3)CC2)c2ccccc2n1. The van der Waals surface area contributed by atoms with Crippen molar-refractivity contribution in [3.8, 4) is 0 Å². The van der Waals surface area contributed by atoms with E-state index in [1.807, 2.05) is 42.2 Å². The number of amides is 2. The molecule has 1 saturated carbocycles. The number of aromatic nitrogens is 1. The number of hydrogen-bond acceptors (Lipinski definition) is 3. The highest BCUT2D eigenvalue weighted by molar-refractivity contribution is 6.06. The summed E-state index contributed by atoms with van der Waals surface area (Å²) >= 11 is 0. The predicted octanol–water partition coefficient (Wildman–Crippen LogP) is 2.67. The highest BCUT2D eigenvalue weighted by Gasteiger charge is 2.35. The second kappa shape index (κ2) is 6.47. The van der Waals surface area contributed by atoms with Crippen LogP contribution in [-0.4, -0.2) is 40.8 Å². The quantitative estimate of drug-likeness (QED) is 0.937. The number of benzene rings is 1. The number of piperidine rings is 1. The van der Waals surface area contributed by atoms with Gasteiger partial charge in [-0.1, -0.05) is 18.2 Å². The molecule has 1 aromatic heterocycles. The van der Waals surface area contributed by atoms with Crippen molar-refractivity contribution in [2.24, 2.45) is 5.92 Å². The van der Waals surface area contributed by atoms with Crippen LogP contribution in [0.3, 0.4) is 0 Å². The molecule has 25 heavy (non-hydrogen) atoms. The first-order valence-corrected chi connectivity index (χ1v) is 9.08. The van der Waals surface area contributed by atoms with Crippen LogP contribution in [0.15, 0.2) is 30.3 Å². The Balaban J connectivity index is 1.44. The van der Waals surface area contributed by atoms with Gasteiger partial charge in [0, 0.05) is 36.1 Å². The molecule has 1 saturated heterocycles. The van der Waals surface area contributed by atoms with Gasteiger partial charge in [0.2, 0.25) is 5.91 Å². The minimum absolute atomic E-state index is 0.0475. The number of hydrogen-bond donors (Lipinski definition) is 1. The molecule has 0 atom stereocenters. The Kier molecular flexibility index (Phi) is 4.15. The van der Waals surface area contributed by atoms with Gasteiger partial charge in [-0.2, -0.15) is 0 Å². The van der Waals surface area contributed by atoms with Gasteiger partial charge in [0.25, 0.3) is 5.91 Å². The summed E-state index contributed by atoms with van der Waals surface area (Å²) in [5.41, 5.74) is 2.37. The summed E-state index contributed by atoms with van der Waals surface area (Å²) in [5, 5.41) is 4.04. The zero-order valence-electron chi connectivity index (χ0n) is 14.5. The average Bonchev–Trinajstić information content (AvgIpc) is 3.46. The minimum Gasteiger partial charge on any atom is -0.349 e. The fourth-order valence-corrected chi connectivity index (χ4v) is 3.59. The van der Waals surface area contributed by atoms with Gasteiger partial charge in [-0.25, -0.2) is 0 Å². The molecule has 0 radical (unpaired) electrons. The number of aryl methyl sites for hydroxylation is 1. The molecule has 5 heteroatoms. The second-order valence-electron chi connectivity index (χ2n) is 7.18. The van der Waals surface area contributed by atoms with E-state index in [2.05, 4.69) is 10.3 Å². The van der Waals surface area contributed by atoms with Crippen LogP contribution in [0.5, 0.6) is 0 Å². The lowest BCUT2D eigenvalue weighted by Crippen LogP contribution is -2.47. The Bertz CT molecular complexity index is 821. The predicted molar refractivity (Wildman–Crippen MR) is 96.3 cm³/mol. The molecule has 2 aliphatic rings. The molecule has 0 spiro atoms. The van der Waals surface area contributed by atoms with Gasteiger partial charge in [-0.3, -0.25) is 14.6 Å². The maximum absolute atomic E-state index is 12.8. The maximum Gasteiger partial charge on any atom is 0.252 e. The van der Waals surface area contributed by atoms with E-state index in [0.29, 0.717) is 11.5 Å². The van der Waals surface area contributed by atoms with Crippen molar-refractivity contribution < 1.29 is 9.59 Å². The summed E-state index contributed by atoms with van der Waals surface area (Å²) in [6, 6.07) is 9.71. The summed E-state index contributed by atoms with van der Waals surface area (Å²) in [7, 11) is 0. The molecule has 5 nitrogen and oxygen atoms in total. The van der Waals surface area contributed by atoms with E-state index in [1.165, 1.54) is 0 Å². The highest BCUT2D eigenvalue weighted by Crippen LogP contribution is 2.32. The van der Waals surface area contributed by atoms with Crippen LogP contribution in [0, 0.1) is 12.8 Å². The van der Waals surface area contributed by atoms with E-state index < -0.39 is 0 Å². The summed E-state index contributed by atoms with van der Waals surface area (Å²) in [4.78, 5) is 31.4. The van der Waals surface area contributed by atoms with E-state index in [1.54, 1.807) is 0 Å². The normalized spacial score (nSPS) is 18.4. The Morgan fingerprint density at radius 3 is 2.56 bits per heavy atom. The number of carbonyl (C=O) groups is 2.